The molecule has 3 aliphatic rings. The van der Waals surface area contributed by atoms with Crippen LogP contribution in [0.15, 0.2) is 95.6 Å². The molecule has 2 aliphatic heterocycles. The highest BCUT2D eigenvalue weighted by atomic mass is 19.1. The van der Waals surface area contributed by atoms with Crippen molar-refractivity contribution in [2.24, 2.45) is 5.41 Å². The van der Waals surface area contributed by atoms with E-state index < -0.39 is 29.2 Å². The zero-order chi connectivity index (χ0) is 26.9. The van der Waals surface area contributed by atoms with Crippen LogP contribution in [0.25, 0.3) is 6.08 Å². The van der Waals surface area contributed by atoms with Crippen molar-refractivity contribution in [2.75, 3.05) is 12.0 Å². The third-order valence-electron chi connectivity index (χ3n) is 8.24. The fourth-order valence-corrected chi connectivity index (χ4v) is 6.67. The van der Waals surface area contributed by atoms with Crippen molar-refractivity contribution in [1.29, 1.82) is 0 Å². The molecule has 0 N–H and O–H groups in total. The number of benzene rings is 3. The van der Waals surface area contributed by atoms with E-state index in [-0.39, 0.29) is 17.3 Å². The molecule has 0 unspecified atom stereocenters. The zero-order valence-electron chi connectivity index (χ0n) is 20.8. The molecule has 1 fully saturated rings. The van der Waals surface area contributed by atoms with E-state index in [2.05, 4.69) is 0 Å². The standard InChI is InChI=1S/C32H22FNO5/c1-38-21-7-4-6-19(17-21)29(35)28-27(25-10-5-15-39-25)32(30(36)22-8-2-3-9-23(22)31(32)37)26-14-11-18-16-20(33)12-13-24(18)34(26)28/h2-17,26-28H,1H3/t26-,27-,28+/m1/s1. The van der Waals surface area contributed by atoms with Crippen LogP contribution >= 0.6 is 0 Å². The molecule has 7 heteroatoms. The number of furan rings is 1. The largest absolute Gasteiger partial charge is 0.497 e. The molecule has 0 bridgehead atoms. The number of rotatable bonds is 4. The molecule has 6 nitrogen and oxygen atoms in total. The lowest BCUT2D eigenvalue weighted by Gasteiger charge is -2.37. The monoisotopic (exact) mass is 519 g/mol. The van der Waals surface area contributed by atoms with Gasteiger partial charge in [0, 0.05) is 27.9 Å². The topological polar surface area (TPSA) is 76.8 Å². The van der Waals surface area contributed by atoms with Crippen LogP contribution in [0.5, 0.6) is 5.75 Å². The minimum absolute atomic E-state index is 0.306. The van der Waals surface area contributed by atoms with Crippen molar-refractivity contribution < 1.29 is 27.9 Å². The third-order valence-corrected chi connectivity index (χ3v) is 8.24. The zero-order valence-corrected chi connectivity index (χ0v) is 20.8. The highest BCUT2D eigenvalue weighted by Crippen LogP contribution is 2.61. The normalized spacial score (nSPS) is 22.1. The van der Waals surface area contributed by atoms with Crippen molar-refractivity contribution in [2.45, 2.75) is 18.0 Å². The highest BCUT2D eigenvalue weighted by molar-refractivity contribution is 6.32. The number of ether oxygens (including phenoxy) is 1. The summed E-state index contributed by atoms with van der Waals surface area (Å²) in [6, 6.07) is 19.4. The minimum atomic E-state index is -1.66. The van der Waals surface area contributed by atoms with Crippen LogP contribution in [0.3, 0.4) is 0 Å². The molecule has 3 aromatic carbocycles. The van der Waals surface area contributed by atoms with Gasteiger partial charge in [-0.3, -0.25) is 14.4 Å². The number of hydrogen-bond donors (Lipinski definition) is 0. The Balaban J connectivity index is 1.53. The predicted molar refractivity (Wildman–Crippen MR) is 142 cm³/mol. The van der Waals surface area contributed by atoms with Gasteiger partial charge in [-0.15, -0.1) is 0 Å². The summed E-state index contributed by atoms with van der Waals surface area (Å²) in [4.78, 5) is 45.2. The van der Waals surface area contributed by atoms with Crippen molar-refractivity contribution in [3.8, 4) is 5.75 Å². The molecule has 192 valence electrons. The van der Waals surface area contributed by atoms with Gasteiger partial charge in [0.05, 0.1) is 25.3 Å². The van der Waals surface area contributed by atoms with Crippen molar-refractivity contribution in [1.82, 2.24) is 0 Å². The van der Waals surface area contributed by atoms with Crippen LogP contribution in [0.1, 0.15) is 48.3 Å². The molecule has 7 rings (SSSR count). The summed E-state index contributed by atoms with van der Waals surface area (Å²) < 4.78 is 25.5. The van der Waals surface area contributed by atoms with Gasteiger partial charge >= 0.3 is 0 Å². The van der Waals surface area contributed by atoms with Crippen molar-refractivity contribution >= 4 is 29.1 Å². The van der Waals surface area contributed by atoms with Crippen molar-refractivity contribution in [3.63, 3.8) is 0 Å². The summed E-state index contributed by atoms with van der Waals surface area (Å²) in [5.41, 5.74) is 0.470. The second-order valence-electron chi connectivity index (χ2n) is 10.0. The van der Waals surface area contributed by atoms with Gasteiger partial charge in [-0.25, -0.2) is 4.39 Å². The minimum Gasteiger partial charge on any atom is -0.497 e. The lowest BCUT2D eigenvalue weighted by molar-refractivity contribution is 0.0652. The van der Waals surface area contributed by atoms with Gasteiger partial charge in [-0.2, -0.15) is 0 Å². The predicted octanol–water partition coefficient (Wildman–Crippen LogP) is 5.74. The first-order valence-corrected chi connectivity index (χ1v) is 12.6. The number of methoxy groups -OCH3 is 1. The van der Waals surface area contributed by atoms with Gasteiger partial charge in [0.1, 0.15) is 28.8 Å². The summed E-state index contributed by atoms with van der Waals surface area (Å²) in [5.74, 6) is -1.53. The van der Waals surface area contributed by atoms with Gasteiger partial charge in [0.25, 0.3) is 0 Å². The van der Waals surface area contributed by atoms with Crippen LogP contribution in [-0.4, -0.2) is 36.5 Å². The van der Waals surface area contributed by atoms with Crippen LogP contribution in [0.4, 0.5) is 10.1 Å². The maximum absolute atomic E-state index is 14.5. The van der Waals surface area contributed by atoms with Gasteiger partial charge in [-0.05, 0) is 42.5 Å². The molecule has 39 heavy (non-hydrogen) atoms. The number of hydrogen-bond acceptors (Lipinski definition) is 6. The second-order valence-corrected chi connectivity index (χ2v) is 10.0. The first-order valence-electron chi connectivity index (χ1n) is 12.6. The van der Waals surface area contributed by atoms with Crippen LogP contribution in [0, 0.1) is 11.2 Å². The van der Waals surface area contributed by atoms with E-state index in [0.717, 1.165) is 0 Å². The van der Waals surface area contributed by atoms with E-state index >= 15 is 0 Å². The fraction of sp³-hybridized carbons (Fsp3) is 0.156. The molecule has 4 aromatic rings. The maximum atomic E-state index is 14.5. The Morgan fingerprint density at radius 2 is 1.72 bits per heavy atom. The number of halogens is 1. The number of fused-ring (bicyclic) bond motifs is 5. The first-order chi connectivity index (χ1) is 19.0. The smallest absolute Gasteiger partial charge is 0.186 e. The van der Waals surface area contributed by atoms with E-state index in [1.165, 1.54) is 25.5 Å². The molecular formula is C32H22FNO5. The Kier molecular flexibility index (Phi) is 5.01. The number of Topliss-reactive ketones (excluding diaryl/α,β-unsaturated/α-hetero) is 3. The molecule has 0 amide bonds. The highest BCUT2D eigenvalue weighted by Gasteiger charge is 2.72. The molecule has 3 atom stereocenters. The Labute approximate surface area is 223 Å². The van der Waals surface area contributed by atoms with E-state index in [1.54, 1.807) is 78.9 Å². The van der Waals surface area contributed by atoms with Crippen LogP contribution in [0.2, 0.25) is 0 Å². The molecule has 1 aromatic heterocycles. The fourth-order valence-electron chi connectivity index (χ4n) is 6.67. The summed E-state index contributed by atoms with van der Waals surface area (Å²) in [7, 11) is 1.52. The van der Waals surface area contributed by atoms with Gasteiger partial charge in [-0.1, -0.05) is 48.6 Å². The molecule has 1 spiro atoms. The molecule has 3 heterocycles. The van der Waals surface area contributed by atoms with Gasteiger partial charge in [0.15, 0.2) is 17.3 Å². The number of anilines is 1. The second kappa shape index (κ2) is 8.36. The summed E-state index contributed by atoms with van der Waals surface area (Å²) >= 11 is 0. The van der Waals surface area contributed by atoms with Gasteiger partial charge in [0.2, 0.25) is 0 Å². The van der Waals surface area contributed by atoms with Crippen LogP contribution in [-0.2, 0) is 0 Å². The van der Waals surface area contributed by atoms with Gasteiger partial charge < -0.3 is 14.1 Å². The Bertz CT molecular complexity index is 1670. The summed E-state index contributed by atoms with van der Waals surface area (Å²) in [6.07, 6.45) is 4.95. The van der Waals surface area contributed by atoms with E-state index in [0.29, 0.717) is 39.5 Å². The third kappa shape index (κ3) is 3.04. The Morgan fingerprint density at radius 1 is 0.949 bits per heavy atom. The van der Waals surface area contributed by atoms with Crippen LogP contribution < -0.4 is 9.64 Å². The van der Waals surface area contributed by atoms with Crippen molar-refractivity contribution in [3.05, 3.63) is 125 Å². The SMILES string of the molecule is COc1cccc(C(=O)[C@@H]2[C@@H](c3ccco3)C3(C(=O)c4ccccc4C3=O)[C@H]3C=Cc4cc(F)ccc4N23)c1. The van der Waals surface area contributed by atoms with E-state index in [9.17, 15) is 18.8 Å². The van der Waals surface area contributed by atoms with E-state index in [4.69, 9.17) is 9.15 Å². The average Bonchev–Trinajstić information content (AvgIpc) is 3.65. The molecular weight excluding hydrogens is 497 g/mol. The first kappa shape index (κ1) is 23.3. The number of carbonyl (C=O) groups is 3. The number of nitrogens with zero attached hydrogens (tertiary/aromatic N) is 1. The maximum Gasteiger partial charge on any atom is 0.186 e. The molecule has 1 saturated heterocycles. The number of carbonyl (C=O) groups excluding carboxylic acids is 3. The lowest BCUT2D eigenvalue weighted by atomic mass is 9.65. The quantitative estimate of drug-likeness (QED) is 0.253. The lowest BCUT2D eigenvalue weighted by Crippen LogP contribution is -2.48. The molecule has 0 radical (unpaired) electrons. The Hall–Kier alpha value is -4.78. The molecule has 0 saturated carbocycles. The number of ketones is 3. The summed E-state index contributed by atoms with van der Waals surface area (Å²) in [6.45, 7) is 0. The average molecular weight is 520 g/mol. The Morgan fingerprint density at radius 3 is 2.41 bits per heavy atom. The summed E-state index contributed by atoms with van der Waals surface area (Å²) in [5, 5.41) is 0. The molecule has 1 aliphatic carbocycles. The van der Waals surface area contributed by atoms with E-state index in [1.807, 2.05) is 4.90 Å².